The number of rotatable bonds is 6. The van der Waals surface area contributed by atoms with Crippen LogP contribution in [0, 0.1) is 12.8 Å². The number of benzene rings is 1. The topological polar surface area (TPSA) is 106 Å². The summed E-state index contributed by atoms with van der Waals surface area (Å²) in [6.07, 6.45) is 0.832. The average molecular weight is 484 g/mol. The number of morpholine rings is 1. The molecule has 0 radical (unpaired) electrons. The van der Waals surface area contributed by atoms with Crippen LogP contribution in [0.4, 0.5) is 10.5 Å². The van der Waals surface area contributed by atoms with Gasteiger partial charge in [-0.1, -0.05) is 38.1 Å². The van der Waals surface area contributed by atoms with Gasteiger partial charge in [-0.15, -0.1) is 24.8 Å². The van der Waals surface area contributed by atoms with Crippen LogP contribution in [0.2, 0.25) is 0 Å². The first kappa shape index (κ1) is 28.1. The van der Waals surface area contributed by atoms with Gasteiger partial charge in [0.2, 0.25) is 0 Å². The molecule has 1 aliphatic heterocycles. The molecule has 2 amide bonds. The molecule has 32 heavy (non-hydrogen) atoms. The summed E-state index contributed by atoms with van der Waals surface area (Å²) in [6.45, 7) is 9.38. The van der Waals surface area contributed by atoms with E-state index in [4.69, 9.17) is 21.2 Å². The number of pyridine rings is 1. The van der Waals surface area contributed by atoms with E-state index in [1.54, 1.807) is 4.90 Å². The minimum Gasteiger partial charge on any atom is -0.378 e. The molecule has 178 valence electrons. The molecule has 1 fully saturated rings. The number of nitrogens with two attached hydrogens (primary N) is 2. The summed E-state index contributed by atoms with van der Waals surface area (Å²) in [5.74, 6) is 0.448. The summed E-state index contributed by atoms with van der Waals surface area (Å²) in [7, 11) is 0. The van der Waals surface area contributed by atoms with Crippen molar-refractivity contribution in [2.45, 2.75) is 40.3 Å². The van der Waals surface area contributed by atoms with E-state index in [1.807, 2.05) is 31.2 Å². The molecule has 0 unspecified atom stereocenters. The third-order valence-corrected chi connectivity index (χ3v) is 5.38. The molecule has 1 saturated heterocycles. The lowest BCUT2D eigenvalue weighted by atomic mass is 9.92. The lowest BCUT2D eigenvalue weighted by Crippen LogP contribution is -2.43. The summed E-state index contributed by atoms with van der Waals surface area (Å²) in [5.41, 5.74) is 18.5. The first-order valence-corrected chi connectivity index (χ1v) is 10.6. The van der Waals surface area contributed by atoms with Gasteiger partial charge in [0.1, 0.15) is 0 Å². The third kappa shape index (κ3) is 6.56. The van der Waals surface area contributed by atoms with Crippen molar-refractivity contribution in [2.75, 3.05) is 31.6 Å². The van der Waals surface area contributed by atoms with E-state index in [-0.39, 0.29) is 30.8 Å². The van der Waals surface area contributed by atoms with Crippen molar-refractivity contribution >= 4 is 36.5 Å². The number of ether oxygens (including phenoxy) is 1. The maximum atomic E-state index is 12.9. The minimum absolute atomic E-state index is 0. The summed E-state index contributed by atoms with van der Waals surface area (Å²) in [4.78, 5) is 19.6. The fraction of sp³-hybridized carbons (Fsp3) is 0.478. The molecular formula is C23H35Cl2N5O2. The van der Waals surface area contributed by atoms with Crippen molar-refractivity contribution in [1.82, 2.24) is 9.88 Å². The van der Waals surface area contributed by atoms with E-state index in [0.29, 0.717) is 45.3 Å². The zero-order chi connectivity index (χ0) is 21.7. The molecule has 1 aliphatic rings. The first-order valence-electron chi connectivity index (χ1n) is 10.6. The zero-order valence-corrected chi connectivity index (χ0v) is 20.7. The van der Waals surface area contributed by atoms with Crippen LogP contribution in [0.5, 0.6) is 0 Å². The Kier molecular flexibility index (Phi) is 11.4. The number of hydrogen-bond acceptors (Lipinski definition) is 5. The number of amides is 2. The molecule has 2 aromatic rings. The number of anilines is 1. The predicted octanol–water partition coefficient (Wildman–Crippen LogP) is 3.88. The monoisotopic (exact) mass is 483 g/mol. The number of halogens is 2. The Morgan fingerprint density at radius 1 is 1.12 bits per heavy atom. The summed E-state index contributed by atoms with van der Waals surface area (Å²) in [5, 5.41) is 3.12. The van der Waals surface area contributed by atoms with Crippen molar-refractivity contribution < 1.29 is 9.53 Å². The van der Waals surface area contributed by atoms with E-state index in [2.05, 4.69) is 19.2 Å². The van der Waals surface area contributed by atoms with E-state index in [1.165, 1.54) is 0 Å². The maximum absolute atomic E-state index is 12.9. The van der Waals surface area contributed by atoms with Crippen molar-refractivity contribution in [3.05, 3.63) is 46.8 Å². The highest BCUT2D eigenvalue weighted by Crippen LogP contribution is 2.36. The largest absolute Gasteiger partial charge is 0.378 e. The van der Waals surface area contributed by atoms with Crippen molar-refractivity contribution in [1.29, 1.82) is 0 Å². The van der Waals surface area contributed by atoms with Gasteiger partial charge in [-0.2, -0.15) is 0 Å². The van der Waals surface area contributed by atoms with Crippen molar-refractivity contribution in [3.8, 4) is 11.1 Å². The van der Waals surface area contributed by atoms with Gasteiger partial charge in [-0.25, -0.2) is 4.79 Å². The highest BCUT2D eigenvalue weighted by molar-refractivity contribution is 5.96. The number of hydrogen-bond donors (Lipinski definition) is 3. The molecule has 2 heterocycles. The second kappa shape index (κ2) is 13.0. The number of carbonyl (C=O) groups excluding carboxylic acids is 1. The fourth-order valence-electron chi connectivity index (χ4n) is 3.81. The van der Waals surface area contributed by atoms with Crippen LogP contribution in [0.1, 0.15) is 36.4 Å². The Labute approximate surface area is 203 Å². The molecule has 0 spiro atoms. The second-order valence-electron chi connectivity index (χ2n) is 8.11. The van der Waals surface area contributed by atoms with Gasteiger partial charge in [0, 0.05) is 37.4 Å². The number of nitrogens with one attached hydrogen (secondary N) is 1. The van der Waals surface area contributed by atoms with Crippen molar-refractivity contribution in [3.63, 3.8) is 0 Å². The Balaban J connectivity index is 0.00000256. The van der Waals surface area contributed by atoms with E-state index in [9.17, 15) is 4.79 Å². The standard InChI is InChI=1S/C23H33N5O2.2ClH/c1-15(2)12-20-19(14-25)21(18-6-4-17(13-24)5-7-18)22(16(3)26-20)27-23(29)28-8-10-30-11-9-28;;/h4-7,15H,8-14,24-25H2,1-3H3,(H,27,29);2*1H. The van der Waals surface area contributed by atoms with Crippen LogP contribution >= 0.6 is 24.8 Å². The fourth-order valence-corrected chi connectivity index (χ4v) is 3.81. The lowest BCUT2D eigenvalue weighted by Gasteiger charge is -2.28. The van der Waals surface area contributed by atoms with Crippen LogP contribution in [-0.2, 0) is 24.2 Å². The highest BCUT2D eigenvalue weighted by atomic mass is 35.5. The molecule has 7 nitrogen and oxygen atoms in total. The Bertz CT molecular complexity index is 885. The van der Waals surface area contributed by atoms with Crippen LogP contribution in [0.15, 0.2) is 24.3 Å². The normalized spacial score (nSPS) is 13.4. The third-order valence-electron chi connectivity index (χ3n) is 5.38. The number of aromatic nitrogens is 1. The smallest absolute Gasteiger partial charge is 0.322 e. The van der Waals surface area contributed by atoms with Gasteiger partial charge in [-0.3, -0.25) is 4.98 Å². The van der Waals surface area contributed by atoms with Gasteiger partial charge in [-0.05, 0) is 36.0 Å². The highest BCUT2D eigenvalue weighted by Gasteiger charge is 2.23. The number of nitrogens with zero attached hydrogens (tertiary/aromatic N) is 2. The number of aryl methyl sites for hydroxylation is 1. The van der Waals surface area contributed by atoms with Crippen LogP contribution in [0.3, 0.4) is 0 Å². The molecular weight excluding hydrogens is 449 g/mol. The molecule has 0 atom stereocenters. The molecule has 3 rings (SSSR count). The maximum Gasteiger partial charge on any atom is 0.322 e. The quantitative estimate of drug-likeness (QED) is 0.577. The molecule has 0 saturated carbocycles. The summed E-state index contributed by atoms with van der Waals surface area (Å²) >= 11 is 0. The zero-order valence-electron chi connectivity index (χ0n) is 19.0. The van der Waals surface area contributed by atoms with E-state index < -0.39 is 0 Å². The molecule has 9 heteroatoms. The molecule has 1 aromatic carbocycles. The van der Waals surface area contributed by atoms with Gasteiger partial charge in [0.05, 0.1) is 24.6 Å². The van der Waals surface area contributed by atoms with Gasteiger partial charge < -0.3 is 26.4 Å². The predicted molar refractivity (Wildman–Crippen MR) is 135 cm³/mol. The molecule has 1 aromatic heterocycles. The van der Waals surface area contributed by atoms with Gasteiger partial charge in [0.15, 0.2) is 0 Å². The molecule has 0 aliphatic carbocycles. The van der Waals surface area contributed by atoms with Gasteiger partial charge in [0.25, 0.3) is 0 Å². The lowest BCUT2D eigenvalue weighted by molar-refractivity contribution is 0.0564. The number of carbonyl (C=O) groups is 1. The van der Waals surface area contributed by atoms with Crippen molar-refractivity contribution in [2.24, 2.45) is 17.4 Å². The second-order valence-corrected chi connectivity index (χ2v) is 8.11. The summed E-state index contributed by atoms with van der Waals surface area (Å²) in [6, 6.07) is 7.98. The first-order chi connectivity index (χ1) is 14.4. The number of urea groups is 1. The Morgan fingerprint density at radius 2 is 1.75 bits per heavy atom. The van der Waals surface area contributed by atoms with Crippen LogP contribution in [0.25, 0.3) is 11.1 Å². The summed E-state index contributed by atoms with van der Waals surface area (Å²) < 4.78 is 5.37. The van der Waals surface area contributed by atoms with Gasteiger partial charge >= 0.3 is 6.03 Å². The average Bonchev–Trinajstić information content (AvgIpc) is 2.75. The van der Waals surface area contributed by atoms with E-state index in [0.717, 1.165) is 45.7 Å². The molecule has 0 bridgehead atoms. The Hall–Kier alpha value is -1.90. The van der Waals surface area contributed by atoms with Crippen LogP contribution < -0.4 is 16.8 Å². The SMILES string of the molecule is Cc1nc(CC(C)C)c(CN)c(-c2ccc(CN)cc2)c1NC(=O)N1CCOCC1.Cl.Cl. The van der Waals surface area contributed by atoms with E-state index >= 15 is 0 Å². The molecule has 5 N–H and O–H groups in total. The Morgan fingerprint density at radius 3 is 2.28 bits per heavy atom. The van der Waals surface area contributed by atoms with Crippen LogP contribution in [-0.4, -0.2) is 42.2 Å². The minimum atomic E-state index is -0.136.